The summed E-state index contributed by atoms with van der Waals surface area (Å²) >= 11 is 0. The molecule has 2 heteroatoms. The van der Waals surface area contributed by atoms with Gasteiger partial charge in [0.15, 0.2) is 0 Å². The maximum Gasteiger partial charge on any atom is 0.0541 e. The molecule has 0 bridgehead atoms. The highest BCUT2D eigenvalue weighted by atomic mass is 15.1. The molecule has 0 saturated heterocycles. The summed E-state index contributed by atoms with van der Waals surface area (Å²) in [5, 5.41) is 7.38. The van der Waals surface area contributed by atoms with E-state index in [1.807, 2.05) is 0 Å². The van der Waals surface area contributed by atoms with E-state index in [-0.39, 0.29) is 0 Å². The van der Waals surface area contributed by atoms with Gasteiger partial charge in [0.2, 0.25) is 0 Å². The Balaban J connectivity index is 1.04. The minimum Gasteiger partial charge on any atom is -0.309 e. The van der Waals surface area contributed by atoms with Crippen molar-refractivity contribution in [3.05, 3.63) is 255 Å². The fourth-order valence-corrected chi connectivity index (χ4v) is 9.79. The molecule has 64 heavy (non-hydrogen) atoms. The third-order valence-corrected chi connectivity index (χ3v) is 12.8. The number of hydrogen-bond acceptors (Lipinski definition) is 1. The standard InChI is InChI=1S/C62H42N2/c1-2-18-45(19-3-1)57-42-49(54-26-10-13-29-59(54)64-60-30-14-11-27-55(60)56-28-12-15-31-61(56)64)37-40-62(57)63(58-32-16-22-44-20-6-7-25-53(44)58)50-38-35-46(36-39-50)51-23-8-9-24-52(51)48-34-33-43-17-4-5-21-47(43)41-48/h1-42H. The predicted octanol–water partition coefficient (Wildman–Crippen LogP) is 17.2. The van der Waals surface area contributed by atoms with Gasteiger partial charge in [-0.15, -0.1) is 0 Å². The summed E-state index contributed by atoms with van der Waals surface area (Å²) in [5.41, 5.74) is 16.3. The van der Waals surface area contributed by atoms with Crippen molar-refractivity contribution in [3.8, 4) is 50.2 Å². The van der Waals surface area contributed by atoms with Gasteiger partial charge in [-0.1, -0.05) is 200 Å². The monoisotopic (exact) mass is 814 g/mol. The van der Waals surface area contributed by atoms with Crippen molar-refractivity contribution in [2.45, 2.75) is 0 Å². The lowest BCUT2D eigenvalue weighted by Crippen LogP contribution is -2.12. The molecule has 11 aromatic carbocycles. The van der Waals surface area contributed by atoms with E-state index in [1.54, 1.807) is 0 Å². The van der Waals surface area contributed by atoms with Crippen LogP contribution >= 0.6 is 0 Å². The van der Waals surface area contributed by atoms with Gasteiger partial charge in [-0.25, -0.2) is 0 Å². The maximum absolute atomic E-state index is 2.45. The number of benzene rings is 11. The first kappa shape index (κ1) is 37.3. The molecular weight excluding hydrogens is 773 g/mol. The fourth-order valence-electron chi connectivity index (χ4n) is 9.79. The Labute approximate surface area is 373 Å². The Hall–Kier alpha value is -8.46. The zero-order valence-electron chi connectivity index (χ0n) is 35.1. The topological polar surface area (TPSA) is 8.17 Å². The minimum absolute atomic E-state index is 1.08. The number of hydrogen-bond donors (Lipinski definition) is 0. The summed E-state index contributed by atoms with van der Waals surface area (Å²) in [5.74, 6) is 0. The molecule has 12 rings (SSSR count). The average Bonchev–Trinajstić information content (AvgIpc) is 3.71. The van der Waals surface area contributed by atoms with Crippen molar-refractivity contribution < 1.29 is 0 Å². The molecule has 0 saturated carbocycles. The summed E-state index contributed by atoms with van der Waals surface area (Å²) in [6, 6.07) is 92.8. The molecule has 0 aliphatic heterocycles. The van der Waals surface area contributed by atoms with Crippen LogP contribution in [0.2, 0.25) is 0 Å². The van der Waals surface area contributed by atoms with Gasteiger partial charge in [-0.05, 0) is 104 Å². The first-order valence-corrected chi connectivity index (χ1v) is 22.0. The fraction of sp³-hybridized carbons (Fsp3) is 0. The third kappa shape index (κ3) is 6.44. The molecule has 0 fully saturated rings. The van der Waals surface area contributed by atoms with Gasteiger partial charge in [0.05, 0.1) is 28.1 Å². The zero-order chi connectivity index (χ0) is 42.4. The Morgan fingerprint density at radius 2 is 0.781 bits per heavy atom. The number of aromatic nitrogens is 1. The van der Waals surface area contributed by atoms with Gasteiger partial charge in [-0.3, -0.25) is 0 Å². The number of fused-ring (bicyclic) bond motifs is 5. The first-order chi connectivity index (χ1) is 31.8. The van der Waals surface area contributed by atoms with E-state index in [0.29, 0.717) is 0 Å². The summed E-state index contributed by atoms with van der Waals surface area (Å²) in [7, 11) is 0. The van der Waals surface area contributed by atoms with Gasteiger partial charge in [0.25, 0.3) is 0 Å². The van der Waals surface area contributed by atoms with Crippen LogP contribution in [0.4, 0.5) is 17.1 Å². The largest absolute Gasteiger partial charge is 0.309 e. The molecular formula is C62H42N2. The minimum atomic E-state index is 1.08. The number of rotatable bonds is 8. The van der Waals surface area contributed by atoms with Crippen LogP contribution in [-0.2, 0) is 0 Å². The van der Waals surface area contributed by atoms with E-state index in [9.17, 15) is 0 Å². The van der Waals surface area contributed by atoms with Crippen LogP contribution in [0, 0.1) is 0 Å². The third-order valence-electron chi connectivity index (χ3n) is 12.8. The van der Waals surface area contributed by atoms with Crippen molar-refractivity contribution in [1.29, 1.82) is 0 Å². The zero-order valence-corrected chi connectivity index (χ0v) is 35.1. The van der Waals surface area contributed by atoms with Crippen LogP contribution in [0.15, 0.2) is 255 Å². The Morgan fingerprint density at radius 1 is 0.266 bits per heavy atom. The van der Waals surface area contributed by atoms with Crippen LogP contribution in [0.25, 0.3) is 93.5 Å². The lowest BCUT2D eigenvalue weighted by Gasteiger charge is -2.30. The van der Waals surface area contributed by atoms with Crippen molar-refractivity contribution in [2.75, 3.05) is 4.90 Å². The Morgan fingerprint density at radius 3 is 1.53 bits per heavy atom. The summed E-state index contributed by atoms with van der Waals surface area (Å²) in [6.07, 6.45) is 0. The molecule has 0 aliphatic carbocycles. The van der Waals surface area contributed by atoms with Crippen molar-refractivity contribution in [3.63, 3.8) is 0 Å². The summed E-state index contributed by atoms with van der Waals surface area (Å²) < 4.78 is 2.43. The van der Waals surface area contributed by atoms with Crippen molar-refractivity contribution in [1.82, 2.24) is 4.57 Å². The van der Waals surface area contributed by atoms with E-state index in [2.05, 4.69) is 264 Å². The van der Waals surface area contributed by atoms with E-state index < -0.39 is 0 Å². The maximum atomic E-state index is 2.45. The van der Waals surface area contributed by atoms with Crippen molar-refractivity contribution in [2.24, 2.45) is 0 Å². The van der Waals surface area contributed by atoms with E-state index >= 15 is 0 Å². The van der Waals surface area contributed by atoms with Gasteiger partial charge in [-0.2, -0.15) is 0 Å². The summed E-state index contributed by atoms with van der Waals surface area (Å²) in [4.78, 5) is 2.45. The van der Waals surface area contributed by atoms with E-state index in [1.165, 1.54) is 71.2 Å². The van der Waals surface area contributed by atoms with Crippen LogP contribution in [0.1, 0.15) is 0 Å². The highest BCUT2D eigenvalue weighted by molar-refractivity contribution is 6.10. The molecule has 2 nitrogen and oxygen atoms in total. The normalized spacial score (nSPS) is 11.4. The molecule has 0 amide bonds. The second kappa shape index (κ2) is 15.8. The molecule has 0 unspecified atom stereocenters. The Bertz CT molecular complexity index is 3610. The van der Waals surface area contributed by atoms with Crippen molar-refractivity contribution >= 4 is 60.4 Å². The van der Waals surface area contributed by atoms with Crippen LogP contribution < -0.4 is 4.90 Å². The van der Waals surface area contributed by atoms with Gasteiger partial charge in [0, 0.05) is 33.0 Å². The molecule has 1 aromatic heterocycles. The van der Waals surface area contributed by atoms with Crippen LogP contribution in [-0.4, -0.2) is 4.57 Å². The molecule has 0 spiro atoms. The quantitative estimate of drug-likeness (QED) is 0.148. The smallest absolute Gasteiger partial charge is 0.0541 e. The SMILES string of the molecule is c1ccc(-c2cc(-c3ccccc3-n3c4ccccc4c4ccccc43)ccc2N(c2ccc(-c3ccccc3-c3ccc4ccccc4c3)cc2)c2cccc3ccccc23)cc1. The second-order valence-electron chi connectivity index (χ2n) is 16.5. The van der Waals surface area contributed by atoms with Gasteiger partial charge >= 0.3 is 0 Å². The number of para-hydroxylation sites is 3. The Kier molecular flexibility index (Phi) is 9.20. The number of nitrogens with zero attached hydrogens (tertiary/aromatic N) is 2. The summed E-state index contributed by atoms with van der Waals surface area (Å²) in [6.45, 7) is 0. The van der Waals surface area contributed by atoms with Crippen LogP contribution in [0.3, 0.4) is 0 Å². The van der Waals surface area contributed by atoms with Crippen LogP contribution in [0.5, 0.6) is 0 Å². The molecule has 12 aromatic rings. The second-order valence-corrected chi connectivity index (χ2v) is 16.5. The predicted molar refractivity (Wildman–Crippen MR) is 272 cm³/mol. The molecule has 300 valence electrons. The van der Waals surface area contributed by atoms with E-state index in [4.69, 9.17) is 0 Å². The van der Waals surface area contributed by atoms with Gasteiger partial charge < -0.3 is 9.47 Å². The average molecular weight is 815 g/mol. The molecule has 0 atom stereocenters. The molecule has 1 heterocycles. The lowest BCUT2D eigenvalue weighted by atomic mass is 9.93. The highest BCUT2D eigenvalue weighted by Crippen LogP contribution is 2.46. The molecule has 0 aliphatic rings. The van der Waals surface area contributed by atoms with Gasteiger partial charge in [0.1, 0.15) is 0 Å². The number of anilines is 3. The molecule has 0 radical (unpaired) electrons. The molecule has 0 N–H and O–H groups in total. The van der Waals surface area contributed by atoms with E-state index in [0.717, 1.165) is 39.4 Å². The highest BCUT2D eigenvalue weighted by Gasteiger charge is 2.22. The lowest BCUT2D eigenvalue weighted by molar-refractivity contribution is 1.18. The first-order valence-electron chi connectivity index (χ1n) is 22.0.